The predicted molar refractivity (Wildman–Crippen MR) is 94.1 cm³/mol. The van der Waals surface area contributed by atoms with Gasteiger partial charge in [-0.1, -0.05) is 7.43 Å². The van der Waals surface area contributed by atoms with Crippen LogP contribution in [0.4, 0.5) is 0 Å². The number of carbonyl (C=O) groups is 2. The molecule has 1 N–H and O–H groups in total. The van der Waals surface area contributed by atoms with Crippen molar-refractivity contribution >= 4 is 22.8 Å². The summed E-state index contributed by atoms with van der Waals surface area (Å²) in [5, 5.41) is 7.91. The zero-order valence-electron chi connectivity index (χ0n) is 14.1. The highest BCUT2D eigenvalue weighted by atomic mass is 35.5. The second-order valence-electron chi connectivity index (χ2n) is 5.14. The maximum atomic E-state index is 10.9. The van der Waals surface area contributed by atoms with Crippen molar-refractivity contribution < 1.29 is 28.9 Å². The zero-order valence-corrected chi connectivity index (χ0v) is 14.8. The summed E-state index contributed by atoms with van der Waals surface area (Å²) in [7, 11) is 0. The van der Waals surface area contributed by atoms with E-state index in [1.54, 1.807) is 0 Å². The van der Waals surface area contributed by atoms with E-state index in [2.05, 4.69) is 0 Å². The Hall–Kier alpha value is -0.690. The van der Waals surface area contributed by atoms with Crippen LogP contribution in [-0.2, 0) is 23.8 Å². The van der Waals surface area contributed by atoms with Crippen LogP contribution in [0.25, 0.3) is 0 Å². The van der Waals surface area contributed by atoms with Crippen LogP contribution in [0.5, 0.6) is 0 Å². The van der Waals surface area contributed by atoms with Crippen molar-refractivity contribution in [2.75, 3.05) is 39.6 Å². The standard InChI is InChI=1S/C8H14O3.C4H5ClO.C4H10O2.CH4/c1-2-10-5-6-11-8(9)7-3-4-7;5-4(6)3-1-2-3;1-2-6-4-3-5;/h7H,2-6H2,1H3;3H,1-2H2;5H,2-4H2,1H3;1H4. The van der Waals surface area contributed by atoms with E-state index in [0.717, 1.165) is 25.7 Å². The highest BCUT2D eigenvalue weighted by molar-refractivity contribution is 6.64. The molecule has 2 aliphatic rings. The maximum Gasteiger partial charge on any atom is 0.309 e. The molecule has 0 unspecified atom stereocenters. The molecule has 0 aromatic rings. The average molecular weight is 369 g/mol. The highest BCUT2D eigenvalue weighted by Crippen LogP contribution is 2.30. The van der Waals surface area contributed by atoms with E-state index in [9.17, 15) is 9.59 Å². The molecule has 2 rings (SSSR count). The first-order chi connectivity index (χ1) is 11.1. The Kier molecular flexibility index (Phi) is 18.2. The zero-order chi connectivity index (χ0) is 17.5. The molecule has 0 saturated heterocycles. The van der Waals surface area contributed by atoms with Crippen molar-refractivity contribution in [3.8, 4) is 0 Å². The molecule has 7 heteroatoms. The molecule has 0 heterocycles. The lowest BCUT2D eigenvalue weighted by Crippen LogP contribution is -2.11. The quantitative estimate of drug-likeness (QED) is 0.383. The summed E-state index contributed by atoms with van der Waals surface area (Å²) in [6, 6.07) is 0. The lowest BCUT2D eigenvalue weighted by molar-refractivity contribution is -0.146. The van der Waals surface area contributed by atoms with Crippen molar-refractivity contribution in [2.45, 2.75) is 47.0 Å². The molecule has 0 aromatic heterocycles. The van der Waals surface area contributed by atoms with Crippen LogP contribution in [0.2, 0.25) is 0 Å². The summed E-state index contributed by atoms with van der Waals surface area (Å²) in [4.78, 5) is 20.9. The lowest BCUT2D eigenvalue weighted by atomic mass is 10.4. The number of carbonyl (C=O) groups excluding carboxylic acids is 2. The van der Waals surface area contributed by atoms with E-state index in [1.807, 2.05) is 13.8 Å². The van der Waals surface area contributed by atoms with Gasteiger partial charge in [0, 0.05) is 19.1 Å². The molecule has 0 bridgehead atoms. The fraction of sp³-hybridized carbons (Fsp3) is 0.882. The summed E-state index contributed by atoms with van der Waals surface area (Å²) in [6.07, 6.45) is 4.05. The number of esters is 1. The predicted octanol–water partition coefficient (Wildman–Crippen LogP) is 2.79. The fourth-order valence-corrected chi connectivity index (χ4v) is 1.52. The Balaban J connectivity index is 0. The van der Waals surface area contributed by atoms with Crippen LogP contribution in [0.3, 0.4) is 0 Å². The number of aliphatic hydroxyl groups is 1. The van der Waals surface area contributed by atoms with Gasteiger partial charge in [0.15, 0.2) is 0 Å². The number of hydrogen-bond donors (Lipinski definition) is 1. The molecule has 2 fully saturated rings. The van der Waals surface area contributed by atoms with Crippen molar-refractivity contribution in [1.82, 2.24) is 0 Å². The molecule has 0 aliphatic heterocycles. The Morgan fingerprint density at radius 3 is 1.75 bits per heavy atom. The maximum absolute atomic E-state index is 10.9. The molecular formula is C17H33ClO6. The molecule has 0 atom stereocenters. The van der Waals surface area contributed by atoms with Gasteiger partial charge in [-0.3, -0.25) is 9.59 Å². The first-order valence-electron chi connectivity index (χ1n) is 8.19. The van der Waals surface area contributed by atoms with Crippen molar-refractivity contribution in [3.05, 3.63) is 0 Å². The van der Waals surface area contributed by atoms with Crippen LogP contribution in [0.1, 0.15) is 47.0 Å². The first-order valence-corrected chi connectivity index (χ1v) is 8.56. The number of hydrogen-bond acceptors (Lipinski definition) is 6. The van der Waals surface area contributed by atoms with Crippen molar-refractivity contribution in [3.63, 3.8) is 0 Å². The van der Waals surface area contributed by atoms with E-state index in [4.69, 9.17) is 30.9 Å². The number of halogens is 1. The third-order valence-electron chi connectivity index (χ3n) is 2.92. The summed E-state index contributed by atoms with van der Waals surface area (Å²) in [5.41, 5.74) is 0. The second-order valence-corrected chi connectivity index (χ2v) is 5.51. The molecule has 0 radical (unpaired) electrons. The number of aliphatic hydroxyl groups excluding tert-OH is 1. The van der Waals surface area contributed by atoms with Crippen LogP contribution >= 0.6 is 11.6 Å². The van der Waals surface area contributed by atoms with Gasteiger partial charge in [0.25, 0.3) is 0 Å². The summed E-state index contributed by atoms with van der Waals surface area (Å²) < 4.78 is 14.6. The Morgan fingerprint density at radius 2 is 1.46 bits per heavy atom. The van der Waals surface area contributed by atoms with Gasteiger partial charge in [-0.15, -0.1) is 0 Å². The van der Waals surface area contributed by atoms with Crippen molar-refractivity contribution in [2.24, 2.45) is 11.8 Å². The van der Waals surface area contributed by atoms with Crippen LogP contribution in [0, 0.1) is 11.8 Å². The molecular weight excluding hydrogens is 336 g/mol. The molecule has 24 heavy (non-hydrogen) atoms. The second kappa shape index (κ2) is 17.1. The summed E-state index contributed by atoms with van der Waals surface area (Å²) >= 11 is 5.04. The van der Waals surface area contributed by atoms with Gasteiger partial charge in [-0.05, 0) is 51.1 Å². The van der Waals surface area contributed by atoms with Crippen molar-refractivity contribution in [1.29, 1.82) is 0 Å². The topological polar surface area (TPSA) is 82.1 Å². The normalized spacial score (nSPS) is 15.0. The highest BCUT2D eigenvalue weighted by Gasteiger charge is 2.30. The minimum absolute atomic E-state index is 0. The largest absolute Gasteiger partial charge is 0.463 e. The molecule has 0 amide bonds. The first kappa shape index (κ1) is 25.5. The third-order valence-corrected chi connectivity index (χ3v) is 3.23. The number of ether oxygens (including phenoxy) is 3. The number of rotatable bonds is 9. The molecule has 6 nitrogen and oxygen atoms in total. The Morgan fingerprint density at radius 1 is 0.958 bits per heavy atom. The summed E-state index contributed by atoms with van der Waals surface area (Å²) in [5.74, 6) is 0.382. The van der Waals surface area contributed by atoms with E-state index < -0.39 is 0 Å². The smallest absolute Gasteiger partial charge is 0.309 e. The van der Waals surface area contributed by atoms with Gasteiger partial charge in [0.2, 0.25) is 5.24 Å². The molecule has 144 valence electrons. The third kappa shape index (κ3) is 17.7. The van der Waals surface area contributed by atoms with E-state index in [0.29, 0.717) is 33.0 Å². The van der Waals surface area contributed by atoms with E-state index in [1.165, 1.54) is 0 Å². The molecule has 0 spiro atoms. The Labute approximate surface area is 150 Å². The lowest BCUT2D eigenvalue weighted by Gasteiger charge is -2.02. The van der Waals surface area contributed by atoms with Crippen LogP contribution < -0.4 is 0 Å². The van der Waals surface area contributed by atoms with Gasteiger partial charge in [0.1, 0.15) is 6.61 Å². The van der Waals surface area contributed by atoms with Gasteiger partial charge in [-0.25, -0.2) is 0 Å². The van der Waals surface area contributed by atoms with E-state index >= 15 is 0 Å². The summed E-state index contributed by atoms with van der Waals surface area (Å²) in [6.45, 7) is 6.72. The molecule has 0 aromatic carbocycles. The SMILES string of the molecule is C.CCOCCO.CCOCCOC(=O)C1CC1.O=C(Cl)C1CC1. The minimum Gasteiger partial charge on any atom is -0.463 e. The fourth-order valence-electron chi connectivity index (χ4n) is 1.30. The molecule has 2 saturated carbocycles. The van der Waals surface area contributed by atoms with Gasteiger partial charge >= 0.3 is 5.97 Å². The monoisotopic (exact) mass is 368 g/mol. The Bertz CT molecular complexity index is 312. The van der Waals surface area contributed by atoms with Gasteiger partial charge in [-0.2, -0.15) is 0 Å². The van der Waals surface area contributed by atoms with Gasteiger partial charge in [0.05, 0.1) is 25.7 Å². The average Bonchev–Trinajstić information content (AvgIpc) is 3.42. The molecule has 2 aliphatic carbocycles. The van der Waals surface area contributed by atoms with Crippen LogP contribution in [0.15, 0.2) is 0 Å². The van der Waals surface area contributed by atoms with E-state index in [-0.39, 0.29) is 37.1 Å². The minimum atomic E-state index is -0.157. The van der Waals surface area contributed by atoms with Crippen LogP contribution in [-0.4, -0.2) is 56.0 Å². The van der Waals surface area contributed by atoms with Gasteiger partial charge < -0.3 is 19.3 Å².